The maximum atomic E-state index is 10.3. The monoisotopic (exact) mass is 261 g/mol. The summed E-state index contributed by atoms with van der Waals surface area (Å²) < 4.78 is 0. The van der Waals surface area contributed by atoms with Crippen LogP contribution in [0, 0.1) is 0 Å². The molecule has 1 atom stereocenters. The number of carboxylic acid groups (broad SMARTS) is 3. The normalized spacial score (nSPS) is 9.71. The molecule has 1 heterocycles. The number of nitrogens with zero attached hydrogens (tertiary/aromatic N) is 1. The summed E-state index contributed by atoms with van der Waals surface area (Å²) in [5, 5.41) is 25.1. The Balaban J connectivity index is -0.000000289. The van der Waals surface area contributed by atoms with E-state index in [1.807, 2.05) is 0 Å². The first-order valence-corrected chi connectivity index (χ1v) is 3.77. The van der Waals surface area contributed by atoms with Crippen molar-refractivity contribution in [3.8, 4) is 0 Å². The number of carbonyl (C=O) groups is 2. The number of carbonyl (C=O) groups excluding carboxylic acids is 1. The molecule has 4 N–H and O–H groups in total. The zero-order chi connectivity index (χ0) is 11.8. The predicted octanol–water partition coefficient (Wildman–Crippen LogP) is -9.07. The molecule has 0 saturated heterocycles. The van der Waals surface area contributed by atoms with Gasteiger partial charge in [-0.15, -0.1) is 0 Å². The summed E-state index contributed by atoms with van der Waals surface area (Å²) in [4.78, 5) is 25.1. The van der Waals surface area contributed by atoms with Gasteiger partial charge in [0.2, 0.25) is 0 Å². The Morgan fingerprint density at radius 3 is 2.24 bits per heavy atom. The van der Waals surface area contributed by atoms with Crippen LogP contribution in [-0.4, -0.2) is 33.2 Å². The van der Waals surface area contributed by atoms with Crippen LogP contribution in [0.5, 0.6) is 0 Å². The van der Waals surface area contributed by atoms with Crippen molar-refractivity contribution in [1.82, 2.24) is 9.97 Å². The Morgan fingerprint density at radius 1 is 1.47 bits per heavy atom. The van der Waals surface area contributed by atoms with Gasteiger partial charge in [0.15, 0.2) is 0 Å². The predicted molar refractivity (Wildman–Crippen MR) is 43.3 cm³/mol. The summed E-state index contributed by atoms with van der Waals surface area (Å²) in [5.74, 6) is -1.00. The average molecular weight is 261 g/mol. The first kappa shape index (κ1) is 22.1. The molecule has 0 aromatic carbocycles. The number of aromatic amines is 1. The van der Waals surface area contributed by atoms with Gasteiger partial charge in [-0.3, -0.25) is 4.79 Å². The summed E-state index contributed by atoms with van der Waals surface area (Å²) in [7, 11) is 0. The van der Waals surface area contributed by atoms with Gasteiger partial charge in [0.1, 0.15) is 6.04 Å². The number of hydrogen-bond acceptors (Lipinski definition) is 6. The van der Waals surface area contributed by atoms with Crippen LogP contribution in [0.4, 0.5) is 4.79 Å². The Morgan fingerprint density at radius 2 is 1.94 bits per heavy atom. The molecule has 1 aromatic rings. The molecule has 84 valence electrons. The molecular weight excluding hydrogens is 252 g/mol. The third-order valence-corrected chi connectivity index (χ3v) is 1.31. The summed E-state index contributed by atoms with van der Waals surface area (Å²) >= 11 is 0. The fourth-order valence-electron chi connectivity index (χ4n) is 0.721. The number of nitrogens with one attached hydrogen (secondary N) is 1. The molecule has 0 aliphatic heterocycles. The second-order valence-corrected chi connectivity index (χ2v) is 2.48. The zero-order valence-corrected chi connectivity index (χ0v) is 13.5. The van der Waals surface area contributed by atoms with E-state index in [-0.39, 0.29) is 65.5 Å². The standard InChI is InChI=1S/C6H9N3O2.CH2O3.2Na/c7-5(6(10)11)1-4-2-8-3-9-4;2-1(3)4;;/h2-3,5H,1,7H2,(H,8,9)(H,10,11);(H2,2,3,4);;/q;;2*+1/p-2. The smallest absolute Gasteiger partial charge is 0.652 e. The second-order valence-electron chi connectivity index (χ2n) is 2.48. The second kappa shape index (κ2) is 12.4. The molecule has 0 radical (unpaired) electrons. The maximum absolute atomic E-state index is 10.3. The molecule has 0 fully saturated rings. The van der Waals surface area contributed by atoms with E-state index < -0.39 is 18.2 Å². The van der Waals surface area contributed by atoms with Crippen LogP contribution in [0.3, 0.4) is 0 Å². The third-order valence-electron chi connectivity index (χ3n) is 1.31. The number of carboxylic acids is 1. The van der Waals surface area contributed by atoms with E-state index in [9.17, 15) is 4.79 Å². The molecule has 1 aromatic heterocycles. The zero-order valence-electron chi connectivity index (χ0n) is 9.54. The molecule has 10 heteroatoms. The van der Waals surface area contributed by atoms with E-state index in [2.05, 4.69) is 9.97 Å². The quantitative estimate of drug-likeness (QED) is 0.456. The van der Waals surface area contributed by atoms with Crippen molar-refractivity contribution in [1.29, 1.82) is 0 Å². The van der Waals surface area contributed by atoms with Crippen molar-refractivity contribution < 1.29 is 84.0 Å². The molecule has 0 bridgehead atoms. The average Bonchev–Trinajstić information content (AvgIpc) is 2.55. The molecule has 8 nitrogen and oxygen atoms in total. The number of imidazole rings is 1. The van der Waals surface area contributed by atoms with Gasteiger partial charge < -0.3 is 30.8 Å². The first-order chi connectivity index (χ1) is 6.93. The van der Waals surface area contributed by atoms with E-state index in [1.54, 1.807) is 6.20 Å². The molecule has 0 aliphatic carbocycles. The Kier molecular flexibility index (Phi) is 16.1. The van der Waals surface area contributed by atoms with Crippen LogP contribution in [-0.2, 0) is 11.2 Å². The van der Waals surface area contributed by atoms with Crippen molar-refractivity contribution in [2.45, 2.75) is 12.5 Å². The van der Waals surface area contributed by atoms with Crippen molar-refractivity contribution in [3.05, 3.63) is 18.2 Å². The number of nitrogens with two attached hydrogens (primary N) is 1. The van der Waals surface area contributed by atoms with Gasteiger partial charge in [0.05, 0.1) is 6.33 Å². The van der Waals surface area contributed by atoms with Crippen LogP contribution in [0.15, 0.2) is 12.5 Å². The van der Waals surface area contributed by atoms with Gasteiger partial charge in [-0.05, 0) is 6.16 Å². The summed E-state index contributed by atoms with van der Waals surface area (Å²) in [5.41, 5.74) is 6.00. The summed E-state index contributed by atoms with van der Waals surface area (Å²) in [6, 6.07) is -0.851. The van der Waals surface area contributed by atoms with Gasteiger partial charge in [-0.25, -0.2) is 4.98 Å². The SMILES string of the molecule is NC(Cc1cnc[nH]1)C(=O)O.O=C([O-])[O-].[Na+].[Na+]. The number of aromatic nitrogens is 2. The minimum Gasteiger partial charge on any atom is -0.652 e. The molecule has 0 spiro atoms. The van der Waals surface area contributed by atoms with Crippen LogP contribution in [0.2, 0.25) is 0 Å². The molecule has 0 saturated carbocycles. The number of aliphatic carboxylic acids is 1. The maximum Gasteiger partial charge on any atom is 1.00 e. The van der Waals surface area contributed by atoms with E-state index in [0.717, 1.165) is 5.69 Å². The molecule has 17 heavy (non-hydrogen) atoms. The first-order valence-electron chi connectivity index (χ1n) is 3.77. The van der Waals surface area contributed by atoms with Gasteiger partial charge in [0, 0.05) is 18.3 Å². The van der Waals surface area contributed by atoms with Crippen LogP contribution in [0.1, 0.15) is 5.69 Å². The molecular formula is C7H9N3Na2O5. The van der Waals surface area contributed by atoms with Gasteiger partial charge >= 0.3 is 65.1 Å². The van der Waals surface area contributed by atoms with E-state index >= 15 is 0 Å². The van der Waals surface area contributed by atoms with Gasteiger partial charge in [0.25, 0.3) is 0 Å². The van der Waals surface area contributed by atoms with Crippen LogP contribution in [0.25, 0.3) is 0 Å². The minimum atomic E-state index is -2.33. The minimum absolute atomic E-state index is 0. The molecule has 0 amide bonds. The fourth-order valence-corrected chi connectivity index (χ4v) is 0.721. The number of rotatable bonds is 3. The Bertz CT molecular complexity index is 315. The van der Waals surface area contributed by atoms with Crippen LogP contribution >= 0.6 is 0 Å². The summed E-state index contributed by atoms with van der Waals surface area (Å²) in [6.07, 6.45) is 1.00. The molecule has 1 rings (SSSR count). The Hall–Kier alpha value is -0.0900. The molecule has 0 aliphatic rings. The van der Waals surface area contributed by atoms with E-state index in [0.29, 0.717) is 0 Å². The fraction of sp³-hybridized carbons (Fsp3) is 0.286. The van der Waals surface area contributed by atoms with E-state index in [1.165, 1.54) is 6.33 Å². The van der Waals surface area contributed by atoms with Crippen molar-refractivity contribution in [2.24, 2.45) is 5.73 Å². The van der Waals surface area contributed by atoms with Crippen molar-refractivity contribution in [2.75, 3.05) is 0 Å². The number of H-pyrrole nitrogens is 1. The van der Waals surface area contributed by atoms with Gasteiger partial charge in [-0.1, -0.05) is 0 Å². The molecule has 1 unspecified atom stereocenters. The van der Waals surface area contributed by atoms with Gasteiger partial charge in [-0.2, -0.15) is 0 Å². The Labute approximate surface area is 141 Å². The van der Waals surface area contributed by atoms with Crippen LogP contribution < -0.4 is 75.1 Å². The third kappa shape index (κ3) is 13.8. The van der Waals surface area contributed by atoms with Crippen molar-refractivity contribution in [3.63, 3.8) is 0 Å². The summed E-state index contributed by atoms with van der Waals surface area (Å²) in [6.45, 7) is 0. The largest absolute Gasteiger partial charge is 1.00 e. The van der Waals surface area contributed by atoms with E-state index in [4.69, 9.17) is 25.8 Å². The topological polar surface area (TPSA) is 155 Å². The van der Waals surface area contributed by atoms with Crippen molar-refractivity contribution >= 4 is 12.1 Å². The number of hydrogen-bond donors (Lipinski definition) is 3.